The van der Waals surface area contributed by atoms with Gasteiger partial charge in [0.25, 0.3) is 0 Å². The highest BCUT2D eigenvalue weighted by Crippen LogP contribution is 2.13. The summed E-state index contributed by atoms with van der Waals surface area (Å²) in [6, 6.07) is 4.79. The van der Waals surface area contributed by atoms with E-state index in [0.29, 0.717) is 11.3 Å². The zero-order valence-electron chi connectivity index (χ0n) is 9.01. The van der Waals surface area contributed by atoms with Crippen molar-refractivity contribution in [2.24, 2.45) is 0 Å². The van der Waals surface area contributed by atoms with Gasteiger partial charge in [-0.05, 0) is 30.7 Å². The van der Waals surface area contributed by atoms with Crippen molar-refractivity contribution in [3.05, 3.63) is 29.3 Å². The minimum absolute atomic E-state index is 0.223. The second-order valence-electron chi connectivity index (χ2n) is 3.51. The molecule has 4 N–H and O–H groups in total. The van der Waals surface area contributed by atoms with Crippen molar-refractivity contribution in [3.63, 3.8) is 0 Å². The van der Waals surface area contributed by atoms with Crippen LogP contribution in [-0.4, -0.2) is 35.5 Å². The maximum Gasteiger partial charge on any atom is 0.338 e. The Bertz CT molecular complexity index is 378. The van der Waals surface area contributed by atoms with Gasteiger partial charge in [0.05, 0.1) is 12.2 Å². The molecular formula is C11H15NO4. The molecule has 5 heteroatoms. The molecule has 0 aliphatic carbocycles. The molecule has 0 fully saturated rings. The summed E-state index contributed by atoms with van der Waals surface area (Å²) in [7, 11) is 0. The van der Waals surface area contributed by atoms with Crippen molar-refractivity contribution in [1.29, 1.82) is 0 Å². The first-order chi connectivity index (χ1) is 7.54. The monoisotopic (exact) mass is 225 g/mol. The van der Waals surface area contributed by atoms with Crippen molar-refractivity contribution in [1.82, 2.24) is 0 Å². The fraction of sp³-hybridized carbons (Fsp3) is 0.364. The minimum atomic E-state index is -1.04. The lowest BCUT2D eigenvalue weighted by atomic mass is 10.1. The van der Waals surface area contributed by atoms with E-state index in [4.69, 9.17) is 20.7 Å². The van der Waals surface area contributed by atoms with Crippen LogP contribution >= 0.6 is 0 Å². The number of anilines is 1. The lowest BCUT2D eigenvalue weighted by molar-refractivity contribution is 0.00933. The van der Waals surface area contributed by atoms with Crippen LogP contribution in [0.2, 0.25) is 0 Å². The third kappa shape index (κ3) is 3.22. The normalized spacial score (nSPS) is 12.2. The lowest BCUT2D eigenvalue weighted by Crippen LogP contribution is -2.22. The van der Waals surface area contributed by atoms with Crippen molar-refractivity contribution >= 4 is 11.7 Å². The highest BCUT2D eigenvalue weighted by molar-refractivity contribution is 5.90. The molecule has 16 heavy (non-hydrogen) atoms. The zero-order chi connectivity index (χ0) is 12.1. The van der Waals surface area contributed by atoms with Gasteiger partial charge in [-0.25, -0.2) is 4.79 Å². The van der Waals surface area contributed by atoms with Gasteiger partial charge in [-0.2, -0.15) is 0 Å². The van der Waals surface area contributed by atoms with E-state index in [-0.39, 0.29) is 6.61 Å². The number of carbonyl (C=O) groups is 1. The number of rotatable bonds is 4. The smallest absolute Gasteiger partial charge is 0.338 e. The van der Waals surface area contributed by atoms with Crippen molar-refractivity contribution in [3.8, 4) is 0 Å². The summed E-state index contributed by atoms with van der Waals surface area (Å²) < 4.78 is 4.79. The van der Waals surface area contributed by atoms with Gasteiger partial charge < -0.3 is 20.7 Å². The van der Waals surface area contributed by atoms with E-state index in [2.05, 4.69) is 0 Å². The molecular weight excluding hydrogens is 210 g/mol. The van der Waals surface area contributed by atoms with Crippen molar-refractivity contribution in [2.75, 3.05) is 18.9 Å². The Morgan fingerprint density at radius 2 is 2.25 bits per heavy atom. The topological polar surface area (TPSA) is 92.8 Å². The third-order valence-electron chi connectivity index (χ3n) is 2.12. The summed E-state index contributed by atoms with van der Waals surface area (Å²) in [6.45, 7) is 1.13. The predicted molar refractivity (Wildman–Crippen MR) is 59.0 cm³/mol. The van der Waals surface area contributed by atoms with Crippen LogP contribution in [0, 0.1) is 6.92 Å². The molecule has 0 bridgehead atoms. The van der Waals surface area contributed by atoms with E-state index in [1.165, 1.54) is 0 Å². The minimum Gasteiger partial charge on any atom is -0.459 e. The summed E-state index contributed by atoms with van der Waals surface area (Å²) in [5.41, 5.74) is 7.37. The largest absolute Gasteiger partial charge is 0.459 e. The van der Waals surface area contributed by atoms with Gasteiger partial charge in [0.15, 0.2) is 0 Å². The summed E-state index contributed by atoms with van der Waals surface area (Å²) in [5, 5.41) is 17.5. The van der Waals surface area contributed by atoms with Crippen LogP contribution in [0.15, 0.2) is 18.2 Å². The molecule has 88 valence electrons. The highest BCUT2D eigenvalue weighted by atomic mass is 16.5. The second-order valence-corrected chi connectivity index (χ2v) is 3.51. The maximum atomic E-state index is 11.5. The molecule has 0 heterocycles. The molecule has 1 rings (SSSR count). The molecule has 0 aliphatic heterocycles. The Balaban J connectivity index is 2.63. The Morgan fingerprint density at radius 1 is 1.56 bits per heavy atom. The Labute approximate surface area is 93.5 Å². The number of nitrogen functional groups attached to an aromatic ring is 1. The molecule has 1 unspecified atom stereocenters. The summed E-state index contributed by atoms with van der Waals surface area (Å²) in [5.74, 6) is -0.546. The summed E-state index contributed by atoms with van der Waals surface area (Å²) >= 11 is 0. The zero-order valence-corrected chi connectivity index (χ0v) is 9.01. The van der Waals surface area contributed by atoms with Crippen LogP contribution < -0.4 is 5.73 Å². The van der Waals surface area contributed by atoms with Gasteiger partial charge in [-0.3, -0.25) is 0 Å². The highest BCUT2D eigenvalue weighted by Gasteiger charge is 2.10. The van der Waals surface area contributed by atoms with E-state index < -0.39 is 18.7 Å². The van der Waals surface area contributed by atoms with Crippen molar-refractivity contribution in [2.45, 2.75) is 13.0 Å². The van der Waals surface area contributed by atoms with Crippen LogP contribution in [0.3, 0.4) is 0 Å². The predicted octanol–water partition coefficient (Wildman–Crippen LogP) is 0.0872. The number of hydrogen-bond donors (Lipinski definition) is 3. The fourth-order valence-electron chi connectivity index (χ4n) is 1.11. The maximum absolute atomic E-state index is 11.5. The molecule has 1 aromatic rings. The van der Waals surface area contributed by atoms with Gasteiger partial charge in [0, 0.05) is 5.69 Å². The number of esters is 1. The van der Waals surface area contributed by atoms with Crippen LogP contribution in [0.5, 0.6) is 0 Å². The van der Waals surface area contributed by atoms with Crippen molar-refractivity contribution < 1.29 is 19.7 Å². The number of hydrogen-bond acceptors (Lipinski definition) is 5. The number of benzene rings is 1. The van der Waals surface area contributed by atoms with Gasteiger partial charge in [0.1, 0.15) is 12.7 Å². The van der Waals surface area contributed by atoms with E-state index in [1.807, 2.05) is 0 Å². The van der Waals surface area contributed by atoms with Gasteiger partial charge in [0.2, 0.25) is 0 Å². The standard InChI is InChI=1S/C11H15NO4/c1-7-4-8(2-3-10(7)12)11(15)16-6-9(14)5-13/h2-4,9,13-14H,5-6,12H2,1H3. The van der Waals surface area contributed by atoms with Gasteiger partial charge in [-0.1, -0.05) is 0 Å². The van der Waals surface area contributed by atoms with E-state index in [9.17, 15) is 4.79 Å². The molecule has 1 atom stereocenters. The summed E-state index contributed by atoms with van der Waals surface area (Å²) in [4.78, 5) is 11.5. The first-order valence-electron chi connectivity index (χ1n) is 4.86. The quantitative estimate of drug-likeness (QED) is 0.498. The molecule has 0 radical (unpaired) electrons. The third-order valence-corrected chi connectivity index (χ3v) is 2.12. The number of aliphatic hydroxyl groups is 2. The van der Waals surface area contributed by atoms with Crippen LogP contribution in [0.25, 0.3) is 0 Å². The number of ether oxygens (including phenoxy) is 1. The molecule has 1 aromatic carbocycles. The van der Waals surface area contributed by atoms with Gasteiger partial charge in [-0.15, -0.1) is 0 Å². The molecule has 0 amide bonds. The molecule has 0 aromatic heterocycles. The number of aliphatic hydroxyl groups excluding tert-OH is 2. The van der Waals surface area contributed by atoms with Crippen LogP contribution in [0.1, 0.15) is 15.9 Å². The number of aryl methyl sites for hydroxylation is 1. The molecule has 0 spiro atoms. The van der Waals surface area contributed by atoms with E-state index >= 15 is 0 Å². The fourth-order valence-corrected chi connectivity index (χ4v) is 1.11. The average Bonchev–Trinajstić information content (AvgIpc) is 2.29. The summed E-state index contributed by atoms with van der Waals surface area (Å²) in [6.07, 6.45) is -1.04. The SMILES string of the molecule is Cc1cc(C(=O)OCC(O)CO)ccc1N. The van der Waals surface area contributed by atoms with Gasteiger partial charge >= 0.3 is 5.97 Å². The van der Waals surface area contributed by atoms with E-state index in [0.717, 1.165) is 5.56 Å². The molecule has 5 nitrogen and oxygen atoms in total. The Kier molecular flexibility index (Phi) is 4.28. The molecule has 0 aliphatic rings. The van der Waals surface area contributed by atoms with E-state index in [1.54, 1.807) is 25.1 Å². The Morgan fingerprint density at radius 3 is 2.81 bits per heavy atom. The number of carbonyl (C=O) groups excluding carboxylic acids is 1. The lowest BCUT2D eigenvalue weighted by Gasteiger charge is -2.09. The first kappa shape index (κ1) is 12.5. The Hall–Kier alpha value is -1.59. The average molecular weight is 225 g/mol. The molecule has 0 saturated carbocycles. The van der Waals surface area contributed by atoms with Crippen LogP contribution in [0.4, 0.5) is 5.69 Å². The second kappa shape index (κ2) is 5.48. The molecule has 0 saturated heterocycles. The number of nitrogens with two attached hydrogens (primary N) is 1. The first-order valence-corrected chi connectivity index (χ1v) is 4.86. The van der Waals surface area contributed by atoms with Crippen LogP contribution in [-0.2, 0) is 4.74 Å².